The molecule has 2 heterocycles. The van der Waals surface area contributed by atoms with Gasteiger partial charge in [-0.1, -0.05) is 57.6 Å². The van der Waals surface area contributed by atoms with Gasteiger partial charge in [-0.2, -0.15) is 0 Å². The lowest BCUT2D eigenvalue weighted by Gasteiger charge is -2.34. The lowest BCUT2D eigenvalue weighted by Crippen LogP contribution is -2.45. The van der Waals surface area contributed by atoms with E-state index in [4.69, 9.17) is 9.47 Å². The predicted molar refractivity (Wildman–Crippen MR) is 134 cm³/mol. The van der Waals surface area contributed by atoms with Gasteiger partial charge in [0.25, 0.3) is 0 Å². The number of ether oxygens (including phenoxy) is 2. The van der Waals surface area contributed by atoms with E-state index in [1.807, 2.05) is 45.1 Å². The molecule has 2 aliphatic heterocycles. The number of carbonyl (C=O) groups is 2. The number of aliphatic hydroxyl groups excluding tert-OH is 3. The molecule has 0 radical (unpaired) electrons. The first-order chi connectivity index (χ1) is 16.4. The number of esters is 1. The summed E-state index contributed by atoms with van der Waals surface area (Å²) in [6.07, 6.45) is 5.74. The number of carbonyl (C=O) groups excluding carboxylic acids is 2. The molecule has 0 amide bonds. The molecule has 2 rings (SSSR count). The van der Waals surface area contributed by atoms with Gasteiger partial charge in [0, 0.05) is 18.3 Å². The van der Waals surface area contributed by atoms with Gasteiger partial charge >= 0.3 is 5.97 Å². The summed E-state index contributed by atoms with van der Waals surface area (Å²) in [6, 6.07) is -0.277. The van der Waals surface area contributed by atoms with Crippen LogP contribution < -0.4 is 0 Å². The third-order valence-corrected chi connectivity index (χ3v) is 6.96. The molecule has 6 atom stereocenters. The molecular weight excluding hydrogens is 450 g/mol. The second-order valence-electron chi connectivity index (χ2n) is 10.3. The summed E-state index contributed by atoms with van der Waals surface area (Å²) in [4.78, 5) is 30.3. The number of hydrogen-bond donors (Lipinski definition) is 3. The molecule has 0 bridgehead atoms. The number of Topliss-reactive ketones (excluding diaryl/α,β-unsaturated/α-hetero) is 1. The Kier molecular flexibility index (Phi) is 10.4. The molecule has 0 aromatic heterocycles. The number of cyclic esters (lactones) is 1. The Labute approximate surface area is 208 Å². The minimum atomic E-state index is -1.27. The lowest BCUT2D eigenvalue weighted by atomic mass is 9.73. The monoisotopic (exact) mass is 491 g/mol. The molecule has 0 spiro atoms. The first-order valence-electron chi connectivity index (χ1n) is 12.3. The fraction of sp³-hybridized carbons (Fsp3) is 0.667. The zero-order chi connectivity index (χ0) is 26.3. The number of hydrogen-bond acceptors (Lipinski definition) is 8. The van der Waals surface area contributed by atoms with Crippen molar-refractivity contribution in [3.05, 3.63) is 35.5 Å². The summed E-state index contributed by atoms with van der Waals surface area (Å²) >= 11 is 0. The fourth-order valence-corrected chi connectivity index (χ4v) is 4.31. The number of aliphatic imine (C=N–C) groups is 1. The molecule has 3 N–H and O–H groups in total. The Morgan fingerprint density at radius 1 is 1.26 bits per heavy atom. The second kappa shape index (κ2) is 12.6. The molecule has 8 heteroatoms. The van der Waals surface area contributed by atoms with Crippen LogP contribution in [0.25, 0.3) is 0 Å². The topological polar surface area (TPSA) is 126 Å². The van der Waals surface area contributed by atoms with Gasteiger partial charge < -0.3 is 24.8 Å². The van der Waals surface area contributed by atoms with E-state index in [9.17, 15) is 24.9 Å². The van der Waals surface area contributed by atoms with E-state index in [0.717, 1.165) is 11.1 Å². The summed E-state index contributed by atoms with van der Waals surface area (Å²) in [5, 5.41) is 30.7. The van der Waals surface area contributed by atoms with Gasteiger partial charge in [-0.15, -0.1) is 0 Å². The number of aliphatic hydroxyl groups is 3. The average Bonchev–Trinajstić information content (AvgIpc) is 3.26. The smallest absolute Gasteiger partial charge is 0.309 e. The van der Waals surface area contributed by atoms with Crippen LogP contribution in [0.3, 0.4) is 0 Å². The molecule has 8 nitrogen and oxygen atoms in total. The van der Waals surface area contributed by atoms with Crippen molar-refractivity contribution in [1.82, 2.24) is 0 Å². The number of allylic oxidation sites excluding steroid dienone is 2. The molecule has 0 aliphatic carbocycles. The molecule has 0 fully saturated rings. The average molecular weight is 492 g/mol. The van der Waals surface area contributed by atoms with Crippen molar-refractivity contribution in [1.29, 1.82) is 0 Å². The first kappa shape index (κ1) is 28.9. The highest BCUT2D eigenvalue weighted by Crippen LogP contribution is 2.31. The summed E-state index contributed by atoms with van der Waals surface area (Å²) in [5.41, 5.74) is 0.609. The number of nitrogens with zero attached hydrogens (tertiary/aromatic N) is 1. The number of ketones is 1. The maximum absolute atomic E-state index is 13.1. The largest absolute Gasteiger partial charge is 0.477 e. The third kappa shape index (κ3) is 7.85. The van der Waals surface area contributed by atoms with Gasteiger partial charge in [-0.3, -0.25) is 9.59 Å². The highest BCUT2D eigenvalue weighted by Gasteiger charge is 2.42. The Bertz CT molecular complexity index is 886. The zero-order valence-electron chi connectivity index (χ0n) is 21.7. The lowest BCUT2D eigenvalue weighted by molar-refractivity contribution is -0.154. The SMILES string of the molecule is C/C1=C/C[C@@H](/C(C)=C/C2COC(CO)=N2)OC(=O)C[C@H](O)C(C)(C)C(=O)[C@H](C)[C@@H](O)[C@@H](C)/C=C/C1. The molecule has 0 aromatic rings. The predicted octanol–water partition coefficient (Wildman–Crippen LogP) is 2.91. The van der Waals surface area contributed by atoms with Crippen LogP contribution in [0.15, 0.2) is 40.4 Å². The second-order valence-corrected chi connectivity index (χ2v) is 10.3. The van der Waals surface area contributed by atoms with Crippen LogP contribution in [0.4, 0.5) is 0 Å². The van der Waals surface area contributed by atoms with E-state index >= 15 is 0 Å². The van der Waals surface area contributed by atoms with Gasteiger partial charge in [-0.25, -0.2) is 4.99 Å². The van der Waals surface area contributed by atoms with Crippen molar-refractivity contribution in [2.45, 2.75) is 85.2 Å². The number of rotatable bonds is 3. The summed E-state index contributed by atoms with van der Waals surface area (Å²) in [7, 11) is 0. The molecule has 196 valence electrons. The van der Waals surface area contributed by atoms with Crippen molar-refractivity contribution >= 4 is 17.7 Å². The summed E-state index contributed by atoms with van der Waals surface area (Å²) in [5.74, 6) is -1.60. The van der Waals surface area contributed by atoms with Crippen LogP contribution >= 0.6 is 0 Å². The quantitative estimate of drug-likeness (QED) is 0.409. The van der Waals surface area contributed by atoms with Crippen LogP contribution in [0.2, 0.25) is 0 Å². The molecule has 2 aliphatic rings. The van der Waals surface area contributed by atoms with Crippen molar-refractivity contribution in [2.75, 3.05) is 13.2 Å². The maximum Gasteiger partial charge on any atom is 0.309 e. The van der Waals surface area contributed by atoms with E-state index in [-0.39, 0.29) is 36.7 Å². The molecular formula is C27H41NO7. The van der Waals surface area contributed by atoms with Gasteiger partial charge in [0.05, 0.1) is 24.0 Å². The van der Waals surface area contributed by atoms with Crippen molar-refractivity contribution in [3.63, 3.8) is 0 Å². The Morgan fingerprint density at radius 2 is 1.94 bits per heavy atom. The Balaban J connectivity index is 2.34. The normalized spacial score (nSPS) is 36.0. The first-order valence-corrected chi connectivity index (χ1v) is 12.3. The van der Waals surface area contributed by atoms with Gasteiger partial charge in [-0.05, 0) is 25.8 Å². The van der Waals surface area contributed by atoms with E-state index < -0.39 is 35.6 Å². The standard InChI is InChI=1S/C27H41NO7/c1-16-8-7-9-17(2)25(32)19(4)26(33)27(5,6)22(30)13-24(31)35-21(11-10-16)18(3)12-20-15-34-23(14-29)28-20/h7,9-10,12,17,19-22,25,29-30,32H,8,11,13-15H2,1-6H3/b9-7+,16-10-,18-12+/t17-,19+,20?,21-,22-,25-/m0/s1. The van der Waals surface area contributed by atoms with Crippen molar-refractivity contribution < 1.29 is 34.4 Å². The van der Waals surface area contributed by atoms with Gasteiger partial charge in [0.15, 0.2) is 0 Å². The van der Waals surface area contributed by atoms with Crippen LogP contribution in [-0.2, 0) is 19.1 Å². The molecule has 0 saturated heterocycles. The van der Waals surface area contributed by atoms with Crippen molar-refractivity contribution in [2.24, 2.45) is 22.2 Å². The zero-order valence-corrected chi connectivity index (χ0v) is 21.7. The Morgan fingerprint density at radius 3 is 2.57 bits per heavy atom. The van der Waals surface area contributed by atoms with E-state index in [1.165, 1.54) is 0 Å². The van der Waals surface area contributed by atoms with Crippen LogP contribution in [0.5, 0.6) is 0 Å². The van der Waals surface area contributed by atoms with Crippen LogP contribution in [-0.4, -0.2) is 70.5 Å². The van der Waals surface area contributed by atoms with Crippen LogP contribution in [0.1, 0.15) is 60.8 Å². The molecule has 1 unspecified atom stereocenters. The molecule has 35 heavy (non-hydrogen) atoms. The molecule has 0 saturated carbocycles. The van der Waals surface area contributed by atoms with E-state index in [2.05, 4.69) is 4.99 Å². The third-order valence-electron chi connectivity index (χ3n) is 6.96. The minimum absolute atomic E-state index is 0.247. The highest BCUT2D eigenvalue weighted by molar-refractivity contribution is 5.88. The maximum atomic E-state index is 13.1. The fourth-order valence-electron chi connectivity index (χ4n) is 4.31. The van der Waals surface area contributed by atoms with E-state index in [0.29, 0.717) is 19.4 Å². The van der Waals surface area contributed by atoms with Gasteiger partial charge in [0.1, 0.15) is 31.1 Å². The molecule has 0 aromatic carbocycles. The summed E-state index contributed by atoms with van der Waals surface area (Å²) in [6.45, 7) is 10.6. The highest BCUT2D eigenvalue weighted by atomic mass is 16.5. The summed E-state index contributed by atoms with van der Waals surface area (Å²) < 4.78 is 11.1. The van der Waals surface area contributed by atoms with Crippen molar-refractivity contribution in [3.8, 4) is 0 Å². The van der Waals surface area contributed by atoms with Gasteiger partial charge in [0.2, 0.25) is 5.90 Å². The van der Waals surface area contributed by atoms with Crippen LogP contribution in [0, 0.1) is 17.3 Å². The Hall–Kier alpha value is -2.29. The minimum Gasteiger partial charge on any atom is -0.477 e. The van der Waals surface area contributed by atoms with E-state index in [1.54, 1.807) is 20.8 Å².